The second-order valence-corrected chi connectivity index (χ2v) is 8.63. The zero-order valence-corrected chi connectivity index (χ0v) is 18.0. The van der Waals surface area contributed by atoms with Crippen LogP contribution in [-0.4, -0.2) is 0 Å². The van der Waals surface area contributed by atoms with Gasteiger partial charge < -0.3 is 0 Å². The maximum Gasteiger partial charge on any atom is 0.0409 e. The molecular weight excluding hydrogens is 372 g/mol. The van der Waals surface area contributed by atoms with Crippen LogP contribution in [0.4, 0.5) is 0 Å². The summed E-state index contributed by atoms with van der Waals surface area (Å²) in [7, 11) is 0. The van der Waals surface area contributed by atoms with Gasteiger partial charge in [-0.15, -0.1) is 0 Å². The number of hydrogen-bond donors (Lipinski definition) is 0. The van der Waals surface area contributed by atoms with Gasteiger partial charge in [-0.1, -0.05) is 71.8 Å². The Morgan fingerprint density at radius 2 is 1.14 bits per heavy atom. The van der Waals surface area contributed by atoms with Crippen molar-refractivity contribution in [1.29, 1.82) is 0 Å². The second kappa shape index (κ2) is 6.61. The van der Waals surface area contributed by atoms with Crippen molar-refractivity contribution in [1.82, 2.24) is 0 Å². The molecule has 0 N–H and O–H groups in total. The lowest BCUT2D eigenvalue weighted by molar-refractivity contribution is 1.26. The van der Waals surface area contributed by atoms with E-state index in [1.807, 2.05) is 6.07 Å². The summed E-state index contributed by atoms with van der Waals surface area (Å²) in [5.41, 5.74) is 10.4. The molecule has 142 valence electrons. The summed E-state index contributed by atoms with van der Waals surface area (Å²) >= 11 is 6.22. The first-order valence-corrected chi connectivity index (χ1v) is 10.4. The molecule has 4 aromatic rings. The lowest BCUT2D eigenvalue weighted by atomic mass is 9.86. The van der Waals surface area contributed by atoms with Gasteiger partial charge >= 0.3 is 0 Å². The molecule has 0 aromatic heterocycles. The molecule has 4 aromatic carbocycles. The van der Waals surface area contributed by atoms with E-state index in [-0.39, 0.29) is 0 Å². The summed E-state index contributed by atoms with van der Waals surface area (Å²) in [4.78, 5) is 0. The van der Waals surface area contributed by atoms with Gasteiger partial charge in [-0.05, 0) is 99.6 Å². The number of rotatable bonds is 2. The van der Waals surface area contributed by atoms with Gasteiger partial charge in [0.2, 0.25) is 0 Å². The van der Waals surface area contributed by atoms with E-state index in [0.717, 1.165) is 5.02 Å². The highest BCUT2D eigenvalue weighted by Gasteiger charge is 2.16. The predicted molar refractivity (Wildman–Crippen MR) is 123 cm³/mol. The van der Waals surface area contributed by atoms with Crippen LogP contribution in [0.1, 0.15) is 22.3 Å². The number of aryl methyl sites for hydroxylation is 4. The Bertz CT molecular complexity index is 1470. The standard InChI is InChI=1S/C28H23Cl/c1-16-13-18(3)26(19(4)14-16)25-10-6-9-24-23-8-5-7-22(27(23)28(24)25)21-12-11-20(29)15-17(21)2/h5-15H,1-4H3. The molecule has 0 bridgehead atoms. The van der Waals surface area contributed by atoms with E-state index in [0.29, 0.717) is 0 Å². The molecule has 0 heterocycles. The molecule has 0 radical (unpaired) electrons. The summed E-state index contributed by atoms with van der Waals surface area (Å²) in [6.07, 6.45) is 0. The molecule has 1 heteroatoms. The molecule has 1 aliphatic rings. The van der Waals surface area contributed by atoms with E-state index in [4.69, 9.17) is 11.6 Å². The van der Waals surface area contributed by atoms with Gasteiger partial charge in [0.15, 0.2) is 0 Å². The van der Waals surface area contributed by atoms with E-state index in [9.17, 15) is 0 Å². The van der Waals surface area contributed by atoms with E-state index in [1.54, 1.807) is 0 Å². The third-order valence-electron chi connectivity index (χ3n) is 6.09. The van der Waals surface area contributed by atoms with Crippen molar-refractivity contribution in [2.75, 3.05) is 0 Å². The van der Waals surface area contributed by atoms with Crippen LogP contribution in [0.15, 0.2) is 66.7 Å². The first kappa shape index (κ1) is 18.2. The summed E-state index contributed by atoms with van der Waals surface area (Å²) in [5.74, 6) is 0. The maximum absolute atomic E-state index is 6.22. The highest BCUT2D eigenvalue weighted by molar-refractivity contribution is 6.30. The van der Waals surface area contributed by atoms with Crippen LogP contribution in [0.5, 0.6) is 0 Å². The van der Waals surface area contributed by atoms with Crippen LogP contribution in [-0.2, 0) is 0 Å². The van der Waals surface area contributed by atoms with Crippen LogP contribution in [0.25, 0.3) is 22.3 Å². The zero-order chi connectivity index (χ0) is 20.3. The second-order valence-electron chi connectivity index (χ2n) is 8.19. The molecule has 0 aliphatic heterocycles. The lowest BCUT2D eigenvalue weighted by Crippen LogP contribution is -2.00. The van der Waals surface area contributed by atoms with Gasteiger partial charge in [0, 0.05) is 5.02 Å². The fraction of sp³-hybridized carbons (Fsp3) is 0.143. The first-order chi connectivity index (χ1) is 14.0. The molecule has 29 heavy (non-hydrogen) atoms. The SMILES string of the molecule is Cc1cc(C)c(-c2cccc3c2=c2c(-c4ccc(Cl)cc4C)cccc2=3)c(C)c1. The molecule has 0 spiro atoms. The Kier molecular flexibility index (Phi) is 4.15. The van der Waals surface area contributed by atoms with Gasteiger partial charge in [-0.3, -0.25) is 0 Å². The first-order valence-electron chi connectivity index (χ1n) is 10.1. The molecule has 0 saturated heterocycles. The van der Waals surface area contributed by atoms with Crippen molar-refractivity contribution >= 4 is 11.6 Å². The normalized spacial score (nSPS) is 11.6. The number of benzene rings is 4. The van der Waals surface area contributed by atoms with Crippen molar-refractivity contribution in [3.63, 3.8) is 0 Å². The summed E-state index contributed by atoms with van der Waals surface area (Å²) in [6, 6.07) is 24.1. The highest BCUT2D eigenvalue weighted by atomic mass is 35.5. The highest BCUT2D eigenvalue weighted by Crippen LogP contribution is 2.35. The minimum atomic E-state index is 0.785. The maximum atomic E-state index is 6.22. The van der Waals surface area contributed by atoms with Crippen LogP contribution >= 0.6 is 11.6 Å². The summed E-state index contributed by atoms with van der Waals surface area (Å²) < 4.78 is 0. The van der Waals surface area contributed by atoms with Crippen molar-refractivity contribution in [3.8, 4) is 22.3 Å². The molecule has 0 atom stereocenters. The lowest BCUT2D eigenvalue weighted by Gasteiger charge is -2.18. The monoisotopic (exact) mass is 394 g/mol. The molecule has 0 amide bonds. The average Bonchev–Trinajstić information content (AvgIpc) is 2.65. The average molecular weight is 395 g/mol. The van der Waals surface area contributed by atoms with Gasteiger partial charge in [0.05, 0.1) is 0 Å². The minimum absolute atomic E-state index is 0.785. The fourth-order valence-electron chi connectivity index (χ4n) is 5.00. The Labute approximate surface area is 176 Å². The number of fused-ring (bicyclic) bond motifs is 2. The Balaban J connectivity index is 1.92. The molecule has 0 unspecified atom stereocenters. The Morgan fingerprint density at radius 3 is 1.76 bits per heavy atom. The van der Waals surface area contributed by atoms with E-state index in [1.165, 1.54) is 65.4 Å². The Morgan fingerprint density at radius 1 is 0.552 bits per heavy atom. The minimum Gasteiger partial charge on any atom is -0.0843 e. The van der Waals surface area contributed by atoms with Crippen molar-refractivity contribution in [2.24, 2.45) is 0 Å². The van der Waals surface area contributed by atoms with Gasteiger partial charge in [-0.25, -0.2) is 0 Å². The molecule has 1 aliphatic carbocycles. The molecule has 0 nitrogen and oxygen atoms in total. The Hall–Kier alpha value is -2.83. The fourth-order valence-corrected chi connectivity index (χ4v) is 5.22. The number of halogens is 1. The third-order valence-corrected chi connectivity index (χ3v) is 6.33. The zero-order valence-electron chi connectivity index (χ0n) is 17.2. The van der Waals surface area contributed by atoms with Gasteiger partial charge in [-0.2, -0.15) is 0 Å². The third kappa shape index (κ3) is 2.74. The predicted octanol–water partition coefficient (Wildman–Crippen LogP) is 7.80. The van der Waals surface area contributed by atoms with Crippen molar-refractivity contribution < 1.29 is 0 Å². The topological polar surface area (TPSA) is 0 Å². The summed E-state index contributed by atoms with van der Waals surface area (Å²) in [5, 5.41) is 6.22. The van der Waals surface area contributed by atoms with Crippen molar-refractivity contribution in [2.45, 2.75) is 27.7 Å². The largest absolute Gasteiger partial charge is 0.0843 e. The summed E-state index contributed by atoms with van der Waals surface area (Å²) in [6.45, 7) is 8.76. The molecular formula is C28H23Cl. The van der Waals surface area contributed by atoms with E-state index in [2.05, 4.69) is 88.4 Å². The number of hydrogen-bond acceptors (Lipinski definition) is 0. The van der Waals surface area contributed by atoms with E-state index >= 15 is 0 Å². The molecule has 0 fully saturated rings. The van der Waals surface area contributed by atoms with Crippen LogP contribution in [0.3, 0.4) is 0 Å². The van der Waals surface area contributed by atoms with Crippen LogP contribution < -0.4 is 0 Å². The van der Waals surface area contributed by atoms with E-state index < -0.39 is 0 Å². The van der Waals surface area contributed by atoms with Crippen molar-refractivity contribution in [3.05, 3.63) is 115 Å². The van der Waals surface area contributed by atoms with Gasteiger partial charge in [0.25, 0.3) is 0 Å². The smallest absolute Gasteiger partial charge is 0.0409 e. The molecule has 5 rings (SSSR count). The van der Waals surface area contributed by atoms with Crippen LogP contribution in [0.2, 0.25) is 5.02 Å². The molecule has 0 saturated carbocycles. The quantitative estimate of drug-likeness (QED) is 0.286. The van der Waals surface area contributed by atoms with Crippen LogP contribution in [0, 0.1) is 48.6 Å². The van der Waals surface area contributed by atoms with Gasteiger partial charge in [0.1, 0.15) is 0 Å².